The van der Waals surface area contributed by atoms with Gasteiger partial charge in [-0.25, -0.2) is 0 Å². The van der Waals surface area contributed by atoms with Gasteiger partial charge in [-0.3, -0.25) is 0 Å². The molecule has 0 aliphatic heterocycles. The molecule has 1 atom stereocenters. The van der Waals surface area contributed by atoms with Gasteiger partial charge in [-0.05, 0) is 31.3 Å². The monoisotopic (exact) mass is 297 g/mol. The van der Waals surface area contributed by atoms with Crippen molar-refractivity contribution < 1.29 is 9.47 Å². The highest BCUT2D eigenvalue weighted by atomic mass is 35.5. The lowest BCUT2D eigenvalue weighted by molar-refractivity contribution is 0.405. The summed E-state index contributed by atoms with van der Waals surface area (Å²) < 4.78 is 10.6. The Morgan fingerprint density at radius 3 is 2.58 bits per heavy atom. The maximum absolute atomic E-state index is 6.09. The van der Waals surface area contributed by atoms with Crippen LogP contribution < -0.4 is 14.8 Å². The van der Waals surface area contributed by atoms with Crippen LogP contribution >= 0.6 is 22.9 Å². The van der Waals surface area contributed by atoms with Crippen molar-refractivity contribution >= 4 is 22.9 Å². The smallest absolute Gasteiger partial charge is 0.129 e. The third kappa shape index (κ3) is 3.03. The summed E-state index contributed by atoms with van der Waals surface area (Å²) in [6.07, 6.45) is 0. The Morgan fingerprint density at radius 1 is 1.21 bits per heavy atom. The van der Waals surface area contributed by atoms with Gasteiger partial charge >= 0.3 is 0 Å². The van der Waals surface area contributed by atoms with Crippen LogP contribution in [-0.4, -0.2) is 21.3 Å². The Morgan fingerprint density at radius 2 is 2.00 bits per heavy atom. The molecule has 1 unspecified atom stereocenters. The molecule has 2 rings (SSSR count). The molecule has 2 aromatic rings. The van der Waals surface area contributed by atoms with Crippen LogP contribution in [0.4, 0.5) is 0 Å². The minimum atomic E-state index is 0.0301. The van der Waals surface area contributed by atoms with Crippen LogP contribution in [0.3, 0.4) is 0 Å². The largest absolute Gasteiger partial charge is 0.496 e. The quantitative estimate of drug-likeness (QED) is 0.912. The average Bonchev–Trinajstić information content (AvgIpc) is 2.89. The van der Waals surface area contributed by atoms with E-state index in [1.807, 2.05) is 36.7 Å². The molecule has 0 radical (unpaired) electrons. The van der Waals surface area contributed by atoms with Crippen LogP contribution in [0.25, 0.3) is 0 Å². The van der Waals surface area contributed by atoms with Crippen molar-refractivity contribution in [3.05, 3.63) is 45.1 Å². The highest BCUT2D eigenvalue weighted by Gasteiger charge is 2.19. The molecule has 5 heteroatoms. The second-order valence-electron chi connectivity index (χ2n) is 4.00. The number of ether oxygens (including phenoxy) is 2. The number of hydrogen-bond acceptors (Lipinski definition) is 4. The summed E-state index contributed by atoms with van der Waals surface area (Å²) in [5.74, 6) is 1.68. The SMILES string of the molecule is CNC(c1cc(OC)cs1)c1cc(Cl)ccc1OC. The van der Waals surface area contributed by atoms with Crippen molar-refractivity contribution in [3.8, 4) is 11.5 Å². The number of methoxy groups -OCH3 is 2. The van der Waals surface area contributed by atoms with Gasteiger partial charge in [-0.1, -0.05) is 11.6 Å². The van der Waals surface area contributed by atoms with Crippen molar-refractivity contribution in [2.45, 2.75) is 6.04 Å². The topological polar surface area (TPSA) is 30.5 Å². The zero-order valence-electron chi connectivity index (χ0n) is 11.1. The molecule has 0 aliphatic carbocycles. The van der Waals surface area contributed by atoms with Crippen molar-refractivity contribution in [1.82, 2.24) is 5.32 Å². The lowest BCUT2D eigenvalue weighted by Gasteiger charge is -2.18. The molecule has 0 spiro atoms. The Hall–Kier alpha value is -1.23. The van der Waals surface area contributed by atoms with E-state index in [1.54, 1.807) is 25.6 Å². The molecule has 1 aromatic heterocycles. The maximum atomic E-state index is 6.09. The predicted octanol–water partition coefficient (Wildman–Crippen LogP) is 3.73. The van der Waals surface area contributed by atoms with E-state index in [-0.39, 0.29) is 6.04 Å². The lowest BCUT2D eigenvalue weighted by Crippen LogP contribution is -2.17. The van der Waals surface area contributed by atoms with Crippen molar-refractivity contribution in [2.24, 2.45) is 0 Å². The van der Waals surface area contributed by atoms with E-state index in [0.29, 0.717) is 5.02 Å². The van der Waals surface area contributed by atoms with E-state index in [2.05, 4.69) is 5.32 Å². The summed E-state index contributed by atoms with van der Waals surface area (Å²) in [5, 5.41) is 5.97. The van der Waals surface area contributed by atoms with Crippen molar-refractivity contribution in [3.63, 3.8) is 0 Å². The second-order valence-corrected chi connectivity index (χ2v) is 5.38. The standard InChI is InChI=1S/C14H16ClNO2S/c1-16-14(13-7-10(17-2)8-19-13)11-6-9(15)4-5-12(11)18-3/h4-8,14,16H,1-3H3. The van der Waals surface area contributed by atoms with E-state index in [0.717, 1.165) is 21.9 Å². The van der Waals surface area contributed by atoms with Crippen LogP contribution in [0.2, 0.25) is 5.02 Å². The summed E-state index contributed by atoms with van der Waals surface area (Å²) in [4.78, 5) is 1.15. The molecular formula is C14H16ClNO2S. The summed E-state index contributed by atoms with van der Waals surface area (Å²) in [6, 6.07) is 7.68. The summed E-state index contributed by atoms with van der Waals surface area (Å²) in [5.41, 5.74) is 1.02. The van der Waals surface area contributed by atoms with Gasteiger partial charge in [-0.15, -0.1) is 11.3 Å². The number of rotatable bonds is 5. The first kappa shape index (κ1) is 14.2. The van der Waals surface area contributed by atoms with Crippen LogP contribution in [0.15, 0.2) is 29.6 Å². The second kappa shape index (κ2) is 6.28. The van der Waals surface area contributed by atoms with Crippen LogP contribution in [0.5, 0.6) is 11.5 Å². The lowest BCUT2D eigenvalue weighted by atomic mass is 10.0. The fourth-order valence-electron chi connectivity index (χ4n) is 1.97. The van der Waals surface area contributed by atoms with Crippen LogP contribution in [0.1, 0.15) is 16.5 Å². The van der Waals surface area contributed by atoms with Gasteiger partial charge in [0.15, 0.2) is 0 Å². The molecule has 1 heterocycles. The molecule has 0 saturated carbocycles. The van der Waals surface area contributed by atoms with Gasteiger partial charge < -0.3 is 14.8 Å². The van der Waals surface area contributed by atoms with Crippen LogP contribution in [-0.2, 0) is 0 Å². The molecule has 1 aromatic carbocycles. The minimum Gasteiger partial charge on any atom is -0.496 e. The number of nitrogens with one attached hydrogen (secondary N) is 1. The Balaban J connectivity index is 2.43. The predicted molar refractivity (Wildman–Crippen MR) is 79.8 cm³/mol. The normalized spacial score (nSPS) is 12.2. The van der Waals surface area contributed by atoms with Crippen molar-refractivity contribution in [2.75, 3.05) is 21.3 Å². The Labute approximate surface area is 122 Å². The third-order valence-electron chi connectivity index (χ3n) is 2.91. The Bertz CT molecular complexity index is 556. The number of benzene rings is 1. The summed E-state index contributed by atoms with van der Waals surface area (Å²) in [7, 11) is 5.24. The maximum Gasteiger partial charge on any atom is 0.129 e. The fourth-order valence-corrected chi connectivity index (χ4v) is 3.14. The van der Waals surface area contributed by atoms with Gasteiger partial charge in [0.25, 0.3) is 0 Å². The van der Waals surface area contributed by atoms with E-state index < -0.39 is 0 Å². The fraction of sp³-hybridized carbons (Fsp3) is 0.286. The molecule has 0 amide bonds. The molecule has 102 valence electrons. The summed E-state index contributed by atoms with van der Waals surface area (Å²) >= 11 is 7.73. The first-order chi connectivity index (χ1) is 9.19. The zero-order valence-corrected chi connectivity index (χ0v) is 12.6. The van der Waals surface area contributed by atoms with Gasteiger partial charge in [-0.2, -0.15) is 0 Å². The van der Waals surface area contributed by atoms with Crippen molar-refractivity contribution in [1.29, 1.82) is 0 Å². The van der Waals surface area contributed by atoms with E-state index in [1.165, 1.54) is 0 Å². The molecule has 1 N–H and O–H groups in total. The van der Waals surface area contributed by atoms with Gasteiger partial charge in [0.1, 0.15) is 11.5 Å². The number of halogens is 1. The number of hydrogen-bond donors (Lipinski definition) is 1. The van der Waals surface area contributed by atoms with Crippen LogP contribution in [0, 0.1) is 0 Å². The summed E-state index contributed by atoms with van der Waals surface area (Å²) in [6.45, 7) is 0. The zero-order chi connectivity index (χ0) is 13.8. The third-order valence-corrected chi connectivity index (χ3v) is 4.12. The Kier molecular flexibility index (Phi) is 4.69. The van der Waals surface area contributed by atoms with E-state index in [9.17, 15) is 0 Å². The highest BCUT2D eigenvalue weighted by molar-refractivity contribution is 7.10. The molecule has 3 nitrogen and oxygen atoms in total. The van der Waals surface area contributed by atoms with E-state index in [4.69, 9.17) is 21.1 Å². The van der Waals surface area contributed by atoms with E-state index >= 15 is 0 Å². The van der Waals surface area contributed by atoms with Gasteiger partial charge in [0.2, 0.25) is 0 Å². The minimum absolute atomic E-state index is 0.0301. The number of thiophene rings is 1. The molecule has 19 heavy (non-hydrogen) atoms. The molecule has 0 saturated heterocycles. The highest BCUT2D eigenvalue weighted by Crippen LogP contribution is 2.36. The molecule has 0 aliphatic rings. The van der Waals surface area contributed by atoms with Gasteiger partial charge in [0.05, 0.1) is 20.3 Å². The molecule has 0 fully saturated rings. The molecular weight excluding hydrogens is 282 g/mol. The first-order valence-electron chi connectivity index (χ1n) is 5.82. The average molecular weight is 298 g/mol. The van der Waals surface area contributed by atoms with Gasteiger partial charge in [0, 0.05) is 20.8 Å². The first-order valence-corrected chi connectivity index (χ1v) is 7.08. The molecule has 0 bridgehead atoms.